The average molecular weight is 332 g/mol. The molecule has 0 aliphatic heterocycles. The lowest BCUT2D eigenvalue weighted by Crippen LogP contribution is -2.03. The second-order valence-corrected chi connectivity index (χ2v) is 6.40. The van der Waals surface area contributed by atoms with Crippen LogP contribution in [0.4, 0.5) is 5.82 Å². The molecule has 0 saturated heterocycles. The number of nitriles is 1. The van der Waals surface area contributed by atoms with Gasteiger partial charge in [-0.3, -0.25) is 0 Å². The molecule has 0 aliphatic carbocycles. The molecule has 0 amide bonds. The lowest BCUT2D eigenvalue weighted by molar-refractivity contribution is 0.959. The summed E-state index contributed by atoms with van der Waals surface area (Å²) >= 11 is 1.53. The van der Waals surface area contributed by atoms with Crippen molar-refractivity contribution < 1.29 is 0 Å². The molecule has 0 aliphatic rings. The topological polar surface area (TPSA) is 75.6 Å². The monoisotopic (exact) mass is 332 g/mol. The van der Waals surface area contributed by atoms with Crippen molar-refractivity contribution in [1.29, 1.82) is 5.26 Å². The van der Waals surface area contributed by atoms with E-state index >= 15 is 0 Å². The van der Waals surface area contributed by atoms with Gasteiger partial charge in [-0.05, 0) is 23.6 Å². The van der Waals surface area contributed by atoms with Crippen molar-refractivity contribution in [3.8, 4) is 6.07 Å². The summed E-state index contributed by atoms with van der Waals surface area (Å²) in [6.45, 7) is 2.10. The first-order chi connectivity index (χ1) is 11.7. The SMILES string of the molecule is Cc1ccccc1[C@H](Sc1ncc(C#N)c(N)n1)c1ccccc1. The number of rotatable bonds is 4. The molecule has 3 aromatic rings. The lowest BCUT2D eigenvalue weighted by Gasteiger charge is -2.19. The fraction of sp³-hybridized carbons (Fsp3) is 0.105. The highest BCUT2D eigenvalue weighted by Crippen LogP contribution is 2.40. The summed E-state index contributed by atoms with van der Waals surface area (Å²) in [5.41, 5.74) is 9.71. The first kappa shape index (κ1) is 16.0. The van der Waals surface area contributed by atoms with Gasteiger partial charge in [-0.2, -0.15) is 5.26 Å². The van der Waals surface area contributed by atoms with Crippen LogP contribution in [0.25, 0.3) is 0 Å². The smallest absolute Gasteiger partial charge is 0.190 e. The van der Waals surface area contributed by atoms with Crippen LogP contribution in [0.1, 0.15) is 27.5 Å². The Bertz CT molecular complexity index is 887. The molecule has 0 radical (unpaired) electrons. The predicted molar refractivity (Wildman–Crippen MR) is 96.5 cm³/mol. The van der Waals surface area contributed by atoms with E-state index in [-0.39, 0.29) is 11.1 Å². The number of anilines is 1. The van der Waals surface area contributed by atoms with Crippen molar-refractivity contribution >= 4 is 17.6 Å². The van der Waals surface area contributed by atoms with Gasteiger partial charge in [0.1, 0.15) is 17.5 Å². The maximum Gasteiger partial charge on any atom is 0.190 e. The van der Waals surface area contributed by atoms with Gasteiger partial charge < -0.3 is 5.73 Å². The normalized spacial score (nSPS) is 11.7. The van der Waals surface area contributed by atoms with Gasteiger partial charge in [-0.1, -0.05) is 66.4 Å². The van der Waals surface area contributed by atoms with Crippen LogP contribution in [0, 0.1) is 18.3 Å². The van der Waals surface area contributed by atoms with Crippen molar-refractivity contribution in [3.05, 3.63) is 83.0 Å². The molecule has 0 saturated carbocycles. The van der Waals surface area contributed by atoms with E-state index in [1.54, 1.807) is 0 Å². The third-order valence-corrected chi connectivity index (χ3v) is 4.88. The predicted octanol–water partition coefficient (Wildman–Crippen LogP) is 4.12. The highest BCUT2D eigenvalue weighted by Gasteiger charge is 2.19. The number of nitrogens with two attached hydrogens (primary N) is 1. The second kappa shape index (κ2) is 7.16. The molecule has 118 valence electrons. The summed E-state index contributed by atoms with van der Waals surface area (Å²) in [7, 11) is 0. The van der Waals surface area contributed by atoms with Crippen LogP contribution >= 0.6 is 11.8 Å². The van der Waals surface area contributed by atoms with E-state index in [1.807, 2.05) is 36.4 Å². The maximum atomic E-state index is 8.97. The fourth-order valence-corrected chi connectivity index (χ4v) is 3.61. The molecule has 3 rings (SSSR count). The molecule has 1 heterocycles. The van der Waals surface area contributed by atoms with Crippen molar-refractivity contribution in [2.75, 3.05) is 5.73 Å². The highest BCUT2D eigenvalue weighted by molar-refractivity contribution is 7.99. The molecule has 4 nitrogen and oxygen atoms in total. The Morgan fingerprint density at radius 1 is 1.08 bits per heavy atom. The largest absolute Gasteiger partial charge is 0.382 e. The minimum atomic E-state index is 0.0553. The molecule has 0 spiro atoms. The molecule has 0 fully saturated rings. The van der Waals surface area contributed by atoms with Gasteiger partial charge in [0.15, 0.2) is 5.16 Å². The lowest BCUT2D eigenvalue weighted by atomic mass is 10.0. The van der Waals surface area contributed by atoms with Crippen LogP contribution in [-0.2, 0) is 0 Å². The van der Waals surface area contributed by atoms with Crippen LogP contribution in [0.3, 0.4) is 0 Å². The van der Waals surface area contributed by atoms with Crippen molar-refractivity contribution in [1.82, 2.24) is 9.97 Å². The zero-order valence-electron chi connectivity index (χ0n) is 13.2. The van der Waals surface area contributed by atoms with Crippen molar-refractivity contribution in [2.24, 2.45) is 0 Å². The molecule has 2 N–H and O–H groups in total. The fourth-order valence-electron chi connectivity index (χ4n) is 2.45. The molecule has 1 aromatic heterocycles. The number of aryl methyl sites for hydroxylation is 1. The summed E-state index contributed by atoms with van der Waals surface area (Å²) in [5.74, 6) is 0.214. The average Bonchev–Trinajstić information content (AvgIpc) is 2.61. The van der Waals surface area contributed by atoms with E-state index in [2.05, 4.69) is 41.2 Å². The van der Waals surface area contributed by atoms with Crippen LogP contribution in [0.15, 0.2) is 66.0 Å². The minimum Gasteiger partial charge on any atom is -0.382 e. The molecule has 0 unspecified atom stereocenters. The van der Waals surface area contributed by atoms with Crippen molar-refractivity contribution in [3.63, 3.8) is 0 Å². The number of aromatic nitrogens is 2. The molecular weight excluding hydrogens is 316 g/mol. The molecule has 1 atom stereocenters. The number of thioether (sulfide) groups is 1. The quantitative estimate of drug-likeness (QED) is 0.574. The van der Waals surface area contributed by atoms with E-state index in [0.29, 0.717) is 10.7 Å². The minimum absolute atomic E-state index is 0.0553. The zero-order valence-corrected chi connectivity index (χ0v) is 14.0. The van der Waals surface area contributed by atoms with E-state index < -0.39 is 0 Å². The highest BCUT2D eigenvalue weighted by atomic mass is 32.2. The molecular formula is C19H16N4S. The Labute approximate surface area is 145 Å². The Morgan fingerprint density at radius 2 is 1.79 bits per heavy atom. The summed E-state index contributed by atoms with van der Waals surface area (Å²) in [6, 6.07) is 20.5. The van der Waals surface area contributed by atoms with Gasteiger partial charge >= 0.3 is 0 Å². The van der Waals surface area contributed by atoms with Gasteiger partial charge in [-0.25, -0.2) is 9.97 Å². The standard InChI is InChI=1S/C19H16N4S/c1-13-7-5-6-10-16(13)17(14-8-3-2-4-9-14)24-19-22-12-15(11-20)18(21)23-19/h2-10,12,17H,1H3,(H2,21,22,23)/t17-/m1/s1. The first-order valence-electron chi connectivity index (χ1n) is 7.49. The van der Waals surface area contributed by atoms with Gasteiger partial charge in [0, 0.05) is 0 Å². The number of nitrogens with zero attached hydrogens (tertiary/aromatic N) is 3. The third kappa shape index (κ3) is 3.39. The zero-order chi connectivity index (χ0) is 16.9. The number of nitrogen functional groups attached to an aromatic ring is 1. The van der Waals surface area contributed by atoms with Crippen LogP contribution in [0.5, 0.6) is 0 Å². The summed E-state index contributed by atoms with van der Waals surface area (Å²) in [4.78, 5) is 8.55. The molecule has 5 heteroatoms. The Kier molecular flexibility index (Phi) is 4.78. The van der Waals surface area contributed by atoms with Crippen molar-refractivity contribution in [2.45, 2.75) is 17.3 Å². The van der Waals surface area contributed by atoms with E-state index in [1.165, 1.54) is 34.6 Å². The van der Waals surface area contributed by atoms with Crippen LogP contribution in [0.2, 0.25) is 0 Å². The van der Waals surface area contributed by atoms with E-state index in [9.17, 15) is 0 Å². The summed E-state index contributed by atoms with van der Waals surface area (Å²) in [6.07, 6.45) is 1.48. The third-order valence-electron chi connectivity index (χ3n) is 3.71. The second-order valence-electron chi connectivity index (χ2n) is 5.33. The van der Waals surface area contributed by atoms with Crippen LogP contribution in [-0.4, -0.2) is 9.97 Å². The van der Waals surface area contributed by atoms with Gasteiger partial charge in [0.2, 0.25) is 0 Å². The Morgan fingerprint density at radius 3 is 2.46 bits per heavy atom. The summed E-state index contributed by atoms with van der Waals surface area (Å²) in [5, 5.41) is 9.58. The Balaban J connectivity index is 2.02. The first-order valence-corrected chi connectivity index (χ1v) is 8.36. The number of benzene rings is 2. The summed E-state index contributed by atoms with van der Waals surface area (Å²) < 4.78 is 0. The van der Waals surface area contributed by atoms with Gasteiger partial charge in [-0.15, -0.1) is 0 Å². The maximum absolute atomic E-state index is 8.97. The van der Waals surface area contributed by atoms with Gasteiger partial charge in [0.05, 0.1) is 11.4 Å². The van der Waals surface area contributed by atoms with E-state index in [0.717, 1.165) is 0 Å². The molecule has 24 heavy (non-hydrogen) atoms. The number of hydrogen-bond acceptors (Lipinski definition) is 5. The Hall–Kier alpha value is -2.84. The van der Waals surface area contributed by atoms with Gasteiger partial charge in [0.25, 0.3) is 0 Å². The van der Waals surface area contributed by atoms with E-state index in [4.69, 9.17) is 11.0 Å². The number of hydrogen-bond donors (Lipinski definition) is 1. The van der Waals surface area contributed by atoms with Crippen LogP contribution < -0.4 is 5.73 Å². The molecule has 2 aromatic carbocycles. The molecule has 0 bridgehead atoms.